The van der Waals surface area contributed by atoms with Crippen LogP contribution in [0.15, 0.2) is 0 Å². The Labute approximate surface area is 81.0 Å². The molecule has 0 aliphatic carbocycles. The minimum absolute atomic E-state index is 0.796. The Balaban J connectivity index is 1.85. The molecular formula is C11H19NO. The number of ether oxygens (including phenoxy) is 1. The third kappa shape index (κ3) is 4.92. The van der Waals surface area contributed by atoms with Gasteiger partial charge in [-0.2, -0.15) is 0 Å². The number of hydrogen-bond acceptors (Lipinski definition) is 2. The Hall–Kier alpha value is -0.520. The van der Waals surface area contributed by atoms with E-state index < -0.39 is 0 Å². The van der Waals surface area contributed by atoms with Crippen LogP contribution in [0, 0.1) is 17.8 Å². The van der Waals surface area contributed by atoms with E-state index in [1.807, 2.05) is 6.92 Å². The third-order valence-electron chi connectivity index (χ3n) is 2.36. The van der Waals surface area contributed by atoms with E-state index in [-0.39, 0.29) is 0 Å². The van der Waals surface area contributed by atoms with Gasteiger partial charge in [-0.15, -0.1) is 11.8 Å². The summed E-state index contributed by atoms with van der Waals surface area (Å²) in [5, 5.41) is 3.39. The first kappa shape index (κ1) is 10.6. The van der Waals surface area contributed by atoms with Gasteiger partial charge in [0.15, 0.2) is 0 Å². The van der Waals surface area contributed by atoms with Crippen LogP contribution in [0.2, 0.25) is 0 Å². The summed E-state index contributed by atoms with van der Waals surface area (Å²) in [6.07, 6.45) is 3.47. The summed E-state index contributed by atoms with van der Waals surface area (Å²) in [4.78, 5) is 0. The minimum Gasteiger partial charge on any atom is -0.381 e. The highest BCUT2D eigenvalue weighted by Gasteiger charge is 2.14. The summed E-state index contributed by atoms with van der Waals surface area (Å²) in [5.74, 6) is 6.73. The van der Waals surface area contributed by atoms with Crippen molar-refractivity contribution in [2.45, 2.75) is 26.2 Å². The first-order chi connectivity index (χ1) is 6.43. The molecule has 0 radical (unpaired) electrons. The van der Waals surface area contributed by atoms with Gasteiger partial charge in [-0.25, -0.2) is 0 Å². The SMILES string of the molecule is CC#CCCNCCC1CCOC1. The lowest BCUT2D eigenvalue weighted by atomic mass is 10.1. The second-order valence-corrected chi connectivity index (χ2v) is 3.45. The molecule has 0 aromatic rings. The van der Waals surface area contributed by atoms with E-state index in [1.165, 1.54) is 12.8 Å². The Bertz CT molecular complexity index is 174. The molecule has 13 heavy (non-hydrogen) atoms. The quantitative estimate of drug-likeness (QED) is 0.511. The van der Waals surface area contributed by atoms with Crippen LogP contribution in [-0.2, 0) is 4.74 Å². The third-order valence-corrected chi connectivity index (χ3v) is 2.36. The normalized spacial score (nSPS) is 21.2. The summed E-state index contributed by atoms with van der Waals surface area (Å²) in [6, 6.07) is 0. The second-order valence-electron chi connectivity index (χ2n) is 3.45. The lowest BCUT2D eigenvalue weighted by Gasteiger charge is -2.06. The molecule has 1 aliphatic rings. The van der Waals surface area contributed by atoms with Crippen LogP contribution in [0.25, 0.3) is 0 Å². The number of hydrogen-bond donors (Lipinski definition) is 1. The van der Waals surface area contributed by atoms with E-state index in [2.05, 4.69) is 17.2 Å². The molecule has 0 spiro atoms. The molecule has 0 bridgehead atoms. The predicted octanol–water partition coefficient (Wildman–Crippen LogP) is 1.42. The average Bonchev–Trinajstić information content (AvgIpc) is 2.63. The van der Waals surface area contributed by atoms with Crippen molar-refractivity contribution in [3.8, 4) is 11.8 Å². The van der Waals surface area contributed by atoms with Crippen molar-refractivity contribution < 1.29 is 4.74 Å². The van der Waals surface area contributed by atoms with E-state index in [0.717, 1.165) is 38.6 Å². The molecule has 1 unspecified atom stereocenters. The van der Waals surface area contributed by atoms with Gasteiger partial charge >= 0.3 is 0 Å². The van der Waals surface area contributed by atoms with Crippen LogP contribution in [0.1, 0.15) is 26.2 Å². The molecule has 1 aliphatic heterocycles. The maximum Gasteiger partial charge on any atom is 0.0495 e. The zero-order chi connectivity index (χ0) is 9.36. The molecule has 1 saturated heterocycles. The van der Waals surface area contributed by atoms with Crippen LogP contribution in [0.4, 0.5) is 0 Å². The van der Waals surface area contributed by atoms with Gasteiger partial charge in [0.05, 0.1) is 0 Å². The highest BCUT2D eigenvalue weighted by molar-refractivity contribution is 4.95. The standard InChI is InChI=1S/C11H19NO/c1-2-3-4-7-12-8-5-11-6-9-13-10-11/h11-12H,4-10H2,1H3. The topological polar surface area (TPSA) is 21.3 Å². The largest absolute Gasteiger partial charge is 0.381 e. The molecule has 0 aromatic carbocycles. The van der Waals surface area contributed by atoms with Crippen molar-refractivity contribution in [3.05, 3.63) is 0 Å². The zero-order valence-corrected chi connectivity index (χ0v) is 8.44. The van der Waals surface area contributed by atoms with Crippen molar-refractivity contribution in [1.29, 1.82) is 0 Å². The van der Waals surface area contributed by atoms with E-state index in [9.17, 15) is 0 Å². The fraction of sp³-hybridized carbons (Fsp3) is 0.818. The molecule has 74 valence electrons. The van der Waals surface area contributed by atoms with Crippen molar-refractivity contribution in [3.63, 3.8) is 0 Å². The van der Waals surface area contributed by atoms with Crippen molar-refractivity contribution in [1.82, 2.24) is 5.32 Å². The molecule has 0 saturated carbocycles. The molecule has 0 amide bonds. The van der Waals surface area contributed by atoms with Gasteiger partial charge in [0.2, 0.25) is 0 Å². The van der Waals surface area contributed by atoms with Gasteiger partial charge in [0.25, 0.3) is 0 Å². The van der Waals surface area contributed by atoms with Crippen LogP contribution >= 0.6 is 0 Å². The summed E-state index contributed by atoms with van der Waals surface area (Å²) < 4.78 is 5.30. The first-order valence-corrected chi connectivity index (χ1v) is 5.11. The number of nitrogens with one attached hydrogen (secondary N) is 1. The van der Waals surface area contributed by atoms with E-state index in [0.29, 0.717) is 0 Å². The zero-order valence-electron chi connectivity index (χ0n) is 8.44. The van der Waals surface area contributed by atoms with Gasteiger partial charge in [-0.1, -0.05) is 0 Å². The smallest absolute Gasteiger partial charge is 0.0495 e. The van der Waals surface area contributed by atoms with Gasteiger partial charge in [0.1, 0.15) is 0 Å². The fourth-order valence-electron chi connectivity index (χ4n) is 1.52. The van der Waals surface area contributed by atoms with Crippen LogP contribution < -0.4 is 5.32 Å². The summed E-state index contributed by atoms with van der Waals surface area (Å²) in [6.45, 7) is 5.95. The monoisotopic (exact) mass is 181 g/mol. The molecule has 1 fully saturated rings. The summed E-state index contributed by atoms with van der Waals surface area (Å²) in [5.41, 5.74) is 0. The van der Waals surface area contributed by atoms with Gasteiger partial charge in [-0.3, -0.25) is 0 Å². The van der Waals surface area contributed by atoms with Crippen LogP contribution in [-0.4, -0.2) is 26.3 Å². The van der Waals surface area contributed by atoms with Gasteiger partial charge in [-0.05, 0) is 32.2 Å². The highest BCUT2D eigenvalue weighted by Crippen LogP contribution is 2.14. The maximum absolute atomic E-state index is 5.30. The molecule has 1 rings (SSSR count). The molecule has 0 aromatic heterocycles. The van der Waals surface area contributed by atoms with E-state index >= 15 is 0 Å². The molecule has 1 heterocycles. The van der Waals surface area contributed by atoms with E-state index in [1.54, 1.807) is 0 Å². The van der Waals surface area contributed by atoms with Crippen molar-refractivity contribution in [2.75, 3.05) is 26.3 Å². The van der Waals surface area contributed by atoms with Crippen LogP contribution in [0.5, 0.6) is 0 Å². The van der Waals surface area contributed by atoms with Gasteiger partial charge < -0.3 is 10.1 Å². The second kappa shape index (κ2) is 6.94. The molecule has 1 atom stereocenters. The first-order valence-electron chi connectivity index (χ1n) is 5.11. The number of rotatable bonds is 5. The van der Waals surface area contributed by atoms with Crippen molar-refractivity contribution >= 4 is 0 Å². The van der Waals surface area contributed by atoms with E-state index in [4.69, 9.17) is 4.74 Å². The Morgan fingerprint density at radius 2 is 2.38 bits per heavy atom. The van der Waals surface area contributed by atoms with Gasteiger partial charge in [0, 0.05) is 26.2 Å². The average molecular weight is 181 g/mol. The molecule has 2 heteroatoms. The summed E-state index contributed by atoms with van der Waals surface area (Å²) in [7, 11) is 0. The Morgan fingerprint density at radius 1 is 1.46 bits per heavy atom. The highest BCUT2D eigenvalue weighted by atomic mass is 16.5. The molecule has 1 N–H and O–H groups in total. The lowest BCUT2D eigenvalue weighted by Crippen LogP contribution is -2.19. The minimum atomic E-state index is 0.796. The Kier molecular flexibility index (Phi) is 5.64. The maximum atomic E-state index is 5.30. The molecular weight excluding hydrogens is 162 g/mol. The Morgan fingerprint density at radius 3 is 3.08 bits per heavy atom. The lowest BCUT2D eigenvalue weighted by molar-refractivity contribution is 0.184. The van der Waals surface area contributed by atoms with Crippen LogP contribution in [0.3, 0.4) is 0 Å². The predicted molar refractivity (Wildman–Crippen MR) is 54.5 cm³/mol. The fourth-order valence-corrected chi connectivity index (χ4v) is 1.52. The summed E-state index contributed by atoms with van der Waals surface area (Å²) >= 11 is 0. The molecule has 2 nitrogen and oxygen atoms in total. The van der Waals surface area contributed by atoms with Crippen molar-refractivity contribution in [2.24, 2.45) is 5.92 Å².